The lowest BCUT2D eigenvalue weighted by Gasteiger charge is -2.24. The summed E-state index contributed by atoms with van der Waals surface area (Å²) in [6.07, 6.45) is 5.94. The second-order valence-corrected chi connectivity index (χ2v) is 6.26. The Labute approximate surface area is 166 Å². The van der Waals surface area contributed by atoms with Crippen LogP contribution in [0.1, 0.15) is 25.3 Å². The minimum Gasteiger partial charge on any atom is -0.373 e. The second kappa shape index (κ2) is 9.19. The molecule has 7 heteroatoms. The van der Waals surface area contributed by atoms with Gasteiger partial charge in [0.15, 0.2) is 5.96 Å². The Morgan fingerprint density at radius 2 is 2.16 bits per heavy atom. The van der Waals surface area contributed by atoms with Crippen molar-refractivity contribution in [3.8, 4) is 5.69 Å². The summed E-state index contributed by atoms with van der Waals surface area (Å²) in [6, 6.07) is 10.1. The number of rotatable bonds is 5. The van der Waals surface area contributed by atoms with E-state index in [1.165, 1.54) is 0 Å². The Balaban J connectivity index is 0.00000225. The number of benzene rings is 1. The molecule has 0 saturated carbocycles. The predicted molar refractivity (Wildman–Crippen MR) is 111 cm³/mol. The Hall–Kier alpha value is -1.61. The number of hydrogen-bond donors (Lipinski definition) is 2. The van der Waals surface area contributed by atoms with Crippen LogP contribution in [-0.2, 0) is 11.3 Å². The molecule has 6 nitrogen and oxygen atoms in total. The van der Waals surface area contributed by atoms with Crippen LogP contribution in [0, 0.1) is 0 Å². The molecule has 25 heavy (non-hydrogen) atoms. The summed E-state index contributed by atoms with van der Waals surface area (Å²) in [4.78, 5) is 4.30. The lowest BCUT2D eigenvalue weighted by Crippen LogP contribution is -2.45. The zero-order valence-corrected chi connectivity index (χ0v) is 17.1. The van der Waals surface area contributed by atoms with Crippen molar-refractivity contribution in [1.82, 2.24) is 20.4 Å². The molecular formula is C18H26IN5O. The van der Waals surface area contributed by atoms with Crippen molar-refractivity contribution in [2.24, 2.45) is 4.99 Å². The second-order valence-electron chi connectivity index (χ2n) is 6.26. The molecule has 1 aromatic heterocycles. The number of guanidine groups is 1. The number of nitrogens with one attached hydrogen (secondary N) is 2. The van der Waals surface area contributed by atoms with Crippen molar-refractivity contribution >= 4 is 29.9 Å². The van der Waals surface area contributed by atoms with Gasteiger partial charge in [0.05, 0.1) is 11.3 Å². The topological polar surface area (TPSA) is 63.5 Å². The van der Waals surface area contributed by atoms with E-state index in [1.54, 1.807) is 13.2 Å². The number of halogens is 1. The van der Waals surface area contributed by atoms with Gasteiger partial charge >= 0.3 is 0 Å². The first kappa shape index (κ1) is 19.7. The highest BCUT2D eigenvalue weighted by Crippen LogP contribution is 2.23. The summed E-state index contributed by atoms with van der Waals surface area (Å²) in [7, 11) is 1.78. The molecular weight excluding hydrogens is 429 g/mol. The van der Waals surface area contributed by atoms with Crippen LogP contribution >= 0.6 is 24.0 Å². The van der Waals surface area contributed by atoms with Crippen molar-refractivity contribution < 1.29 is 4.74 Å². The first-order valence-corrected chi connectivity index (χ1v) is 8.37. The largest absolute Gasteiger partial charge is 0.373 e. The summed E-state index contributed by atoms with van der Waals surface area (Å²) in [5, 5.41) is 11.1. The molecule has 2 aromatic rings. The summed E-state index contributed by atoms with van der Waals surface area (Å²) in [5.41, 5.74) is 2.13. The Bertz CT molecular complexity index is 681. The lowest BCUT2D eigenvalue weighted by atomic mass is 10.0. The fourth-order valence-corrected chi connectivity index (χ4v) is 2.94. The molecule has 1 fully saturated rings. The van der Waals surface area contributed by atoms with E-state index in [9.17, 15) is 0 Å². The summed E-state index contributed by atoms with van der Waals surface area (Å²) in [5.74, 6) is 0.780. The quantitative estimate of drug-likeness (QED) is 0.414. The van der Waals surface area contributed by atoms with E-state index in [2.05, 4.69) is 39.8 Å². The van der Waals surface area contributed by atoms with Crippen LogP contribution in [0.4, 0.5) is 0 Å². The smallest absolute Gasteiger partial charge is 0.191 e. The Morgan fingerprint density at radius 3 is 2.84 bits per heavy atom. The number of nitrogens with zero attached hydrogens (tertiary/aromatic N) is 3. The zero-order valence-electron chi connectivity index (χ0n) is 14.7. The number of aromatic nitrogens is 2. The third-order valence-corrected chi connectivity index (χ3v) is 4.34. The highest BCUT2D eigenvalue weighted by Gasteiger charge is 2.29. The Kier molecular flexibility index (Phi) is 7.24. The molecule has 0 radical (unpaired) electrons. The van der Waals surface area contributed by atoms with E-state index in [0.717, 1.165) is 43.2 Å². The van der Waals surface area contributed by atoms with Gasteiger partial charge in [0.1, 0.15) is 0 Å². The maximum atomic E-state index is 5.81. The zero-order chi connectivity index (χ0) is 16.8. The fraction of sp³-hybridized carbons (Fsp3) is 0.444. The number of hydrogen-bond acceptors (Lipinski definition) is 3. The van der Waals surface area contributed by atoms with E-state index in [4.69, 9.17) is 4.74 Å². The lowest BCUT2D eigenvalue weighted by molar-refractivity contribution is 0.0243. The average molecular weight is 455 g/mol. The molecule has 1 aliphatic rings. The molecule has 0 spiro atoms. The number of ether oxygens (including phenoxy) is 1. The SMILES string of the molecule is CN=C(NCc1ccccc1-n1cccn1)NCC1(C)CCCO1.I. The maximum Gasteiger partial charge on any atom is 0.191 e. The van der Waals surface area contributed by atoms with Crippen LogP contribution < -0.4 is 10.6 Å². The van der Waals surface area contributed by atoms with E-state index < -0.39 is 0 Å². The van der Waals surface area contributed by atoms with Gasteiger partial charge in [0.25, 0.3) is 0 Å². The standard InChI is InChI=1S/C18H25N5O.HI/c1-18(9-5-12-24-18)14-21-17(19-2)20-13-15-7-3-4-8-16(15)23-11-6-10-22-23;/h3-4,6-8,10-11H,5,9,12-14H2,1-2H3,(H2,19,20,21);1H. The number of para-hydroxylation sites is 1. The van der Waals surface area contributed by atoms with Gasteiger partial charge in [-0.2, -0.15) is 5.10 Å². The predicted octanol–water partition coefficient (Wildman–Crippen LogP) is 2.72. The third kappa shape index (κ3) is 5.18. The minimum atomic E-state index is -0.0927. The molecule has 0 aliphatic carbocycles. The minimum absolute atomic E-state index is 0. The van der Waals surface area contributed by atoms with Crippen LogP contribution in [0.3, 0.4) is 0 Å². The van der Waals surface area contributed by atoms with Crippen LogP contribution in [0.2, 0.25) is 0 Å². The van der Waals surface area contributed by atoms with Gasteiger partial charge in [-0.15, -0.1) is 24.0 Å². The van der Waals surface area contributed by atoms with E-state index >= 15 is 0 Å². The van der Waals surface area contributed by atoms with Gasteiger partial charge in [-0.05, 0) is 37.5 Å². The maximum absolute atomic E-state index is 5.81. The van der Waals surface area contributed by atoms with Gasteiger partial charge in [-0.1, -0.05) is 18.2 Å². The average Bonchev–Trinajstić information content (AvgIpc) is 3.27. The van der Waals surface area contributed by atoms with Gasteiger partial charge in [0.2, 0.25) is 0 Å². The van der Waals surface area contributed by atoms with Crippen molar-refractivity contribution in [1.29, 1.82) is 0 Å². The van der Waals surface area contributed by atoms with Crippen molar-refractivity contribution in [3.63, 3.8) is 0 Å². The fourth-order valence-electron chi connectivity index (χ4n) is 2.94. The molecule has 1 aliphatic heterocycles. The van der Waals surface area contributed by atoms with E-state index in [1.807, 2.05) is 29.1 Å². The summed E-state index contributed by atoms with van der Waals surface area (Å²) in [6.45, 7) is 4.43. The third-order valence-electron chi connectivity index (χ3n) is 4.34. The monoisotopic (exact) mass is 455 g/mol. The van der Waals surface area contributed by atoms with Gasteiger partial charge in [-0.25, -0.2) is 4.68 Å². The van der Waals surface area contributed by atoms with E-state index in [0.29, 0.717) is 6.54 Å². The van der Waals surface area contributed by atoms with Gasteiger partial charge < -0.3 is 15.4 Å². The molecule has 0 bridgehead atoms. The first-order valence-electron chi connectivity index (χ1n) is 8.37. The molecule has 2 N–H and O–H groups in total. The summed E-state index contributed by atoms with van der Waals surface area (Å²) >= 11 is 0. The highest BCUT2D eigenvalue weighted by molar-refractivity contribution is 14.0. The van der Waals surface area contributed by atoms with Crippen molar-refractivity contribution in [2.75, 3.05) is 20.2 Å². The normalized spacial score (nSPS) is 20.2. The number of aliphatic imine (C=N–C) groups is 1. The molecule has 0 amide bonds. The molecule has 1 saturated heterocycles. The van der Waals surface area contributed by atoms with Crippen molar-refractivity contribution in [3.05, 3.63) is 48.3 Å². The molecule has 1 atom stereocenters. The van der Waals surface area contributed by atoms with Crippen LogP contribution in [0.5, 0.6) is 0 Å². The first-order chi connectivity index (χ1) is 11.7. The van der Waals surface area contributed by atoms with Crippen LogP contribution in [0.15, 0.2) is 47.7 Å². The molecule has 1 aromatic carbocycles. The Morgan fingerprint density at radius 1 is 1.32 bits per heavy atom. The molecule has 2 heterocycles. The highest BCUT2D eigenvalue weighted by atomic mass is 127. The van der Waals surface area contributed by atoms with E-state index in [-0.39, 0.29) is 29.6 Å². The van der Waals surface area contributed by atoms with Gasteiger partial charge in [0, 0.05) is 39.1 Å². The molecule has 3 rings (SSSR count). The molecule has 1 unspecified atom stereocenters. The summed E-state index contributed by atoms with van der Waals surface area (Å²) < 4.78 is 7.68. The van der Waals surface area contributed by atoms with Crippen molar-refractivity contribution in [2.45, 2.75) is 31.9 Å². The van der Waals surface area contributed by atoms with Gasteiger partial charge in [-0.3, -0.25) is 4.99 Å². The molecule has 136 valence electrons. The van der Waals surface area contributed by atoms with Crippen LogP contribution in [0.25, 0.3) is 5.69 Å². The van der Waals surface area contributed by atoms with Crippen LogP contribution in [-0.4, -0.2) is 41.5 Å².